The second-order valence-electron chi connectivity index (χ2n) is 2.21. The lowest BCUT2D eigenvalue weighted by Crippen LogP contribution is -2.44. The van der Waals surface area contributed by atoms with E-state index < -0.39 is 12.3 Å². The van der Waals surface area contributed by atoms with Crippen LogP contribution in [0.3, 0.4) is 0 Å². The Morgan fingerprint density at radius 2 is 2.00 bits per heavy atom. The number of aliphatic hydroxyl groups excluding tert-OH is 1. The average molecular weight is 216 g/mol. The summed E-state index contributed by atoms with van der Waals surface area (Å²) in [5.74, 6) is 0. The van der Waals surface area contributed by atoms with Crippen LogP contribution in [0.4, 0.5) is 18.0 Å². The van der Waals surface area contributed by atoms with Crippen LogP contribution < -0.4 is 10.6 Å². The van der Waals surface area contributed by atoms with Crippen molar-refractivity contribution < 1.29 is 27.8 Å². The van der Waals surface area contributed by atoms with Crippen molar-refractivity contribution in [1.82, 2.24) is 10.6 Å². The number of aliphatic hydroxyl groups is 1. The van der Waals surface area contributed by atoms with Crippen LogP contribution in [0.15, 0.2) is 0 Å². The van der Waals surface area contributed by atoms with Gasteiger partial charge >= 0.3 is 12.3 Å². The third-order valence-corrected chi connectivity index (χ3v) is 1.02. The monoisotopic (exact) mass is 216 g/mol. The van der Waals surface area contributed by atoms with E-state index in [1.54, 1.807) is 0 Å². The van der Waals surface area contributed by atoms with E-state index in [4.69, 9.17) is 5.11 Å². The van der Waals surface area contributed by atoms with Crippen molar-refractivity contribution in [2.45, 2.75) is 6.30 Å². The smallest absolute Gasteiger partial charge is 0.394 e. The zero-order valence-corrected chi connectivity index (χ0v) is 7.23. The van der Waals surface area contributed by atoms with Crippen LogP contribution in [-0.2, 0) is 4.74 Å². The van der Waals surface area contributed by atoms with Gasteiger partial charge in [0.25, 0.3) is 0 Å². The molecule has 8 heteroatoms. The molecular weight excluding hydrogens is 205 g/mol. The van der Waals surface area contributed by atoms with Crippen molar-refractivity contribution in [3.05, 3.63) is 0 Å². The summed E-state index contributed by atoms with van der Waals surface area (Å²) in [4.78, 5) is 10.4. The van der Waals surface area contributed by atoms with Gasteiger partial charge in [0, 0.05) is 6.54 Å². The molecule has 0 aromatic heterocycles. The highest BCUT2D eigenvalue weighted by atomic mass is 19.4. The molecule has 0 aromatic carbocycles. The number of rotatable bonds is 5. The van der Waals surface area contributed by atoms with Crippen molar-refractivity contribution in [3.8, 4) is 0 Å². The molecule has 5 nitrogen and oxygen atoms in total. The van der Waals surface area contributed by atoms with Gasteiger partial charge in [-0.25, -0.2) is 10.1 Å². The zero-order chi connectivity index (χ0) is 11.0. The van der Waals surface area contributed by atoms with Gasteiger partial charge in [0.1, 0.15) is 0 Å². The number of carbonyl (C=O) groups excluding carboxylic acids is 1. The number of nitrogens with one attached hydrogen (secondary N) is 2. The Bertz CT molecular complexity index is 174. The highest BCUT2D eigenvalue weighted by Gasteiger charge is 2.29. The number of hydrogen-bond donors (Lipinski definition) is 3. The van der Waals surface area contributed by atoms with Crippen molar-refractivity contribution in [3.63, 3.8) is 0 Å². The lowest BCUT2D eigenvalue weighted by atomic mass is 10.6. The number of amides is 2. The molecule has 0 atom stereocenters. The van der Waals surface area contributed by atoms with E-state index in [9.17, 15) is 18.0 Å². The van der Waals surface area contributed by atoms with Crippen molar-refractivity contribution in [1.29, 1.82) is 0 Å². The molecule has 0 aliphatic heterocycles. The molecule has 0 aliphatic carbocycles. The molecule has 84 valence electrons. The second kappa shape index (κ2) is 6.44. The molecule has 0 saturated heterocycles. The number of urea groups is 1. The molecule has 0 rings (SSSR count). The fraction of sp³-hybridized carbons (Fsp3) is 0.833. The number of carbonyl (C=O) groups is 1. The molecule has 3 N–H and O–H groups in total. The van der Waals surface area contributed by atoms with Gasteiger partial charge in [-0.2, -0.15) is 13.2 Å². The molecule has 2 amide bonds. The first-order valence-electron chi connectivity index (χ1n) is 3.77. The Morgan fingerprint density at radius 3 is 2.50 bits per heavy atom. The first-order valence-corrected chi connectivity index (χ1v) is 3.77. The summed E-state index contributed by atoms with van der Waals surface area (Å²) in [5, 5.41) is 10.9. The van der Waals surface area contributed by atoms with E-state index in [1.807, 2.05) is 5.32 Å². The van der Waals surface area contributed by atoms with Crippen LogP contribution in [-0.4, -0.2) is 43.8 Å². The second-order valence-corrected chi connectivity index (χ2v) is 2.21. The highest BCUT2D eigenvalue weighted by Crippen LogP contribution is 2.08. The summed E-state index contributed by atoms with van der Waals surface area (Å²) in [6, 6.07) is -1.33. The minimum Gasteiger partial charge on any atom is -0.394 e. The van der Waals surface area contributed by atoms with Crippen molar-refractivity contribution >= 4 is 6.03 Å². The van der Waals surface area contributed by atoms with E-state index in [-0.39, 0.29) is 26.4 Å². The molecule has 14 heavy (non-hydrogen) atoms. The van der Waals surface area contributed by atoms with Gasteiger partial charge in [0.05, 0.1) is 19.8 Å². The lowest BCUT2D eigenvalue weighted by Gasteiger charge is -2.09. The third kappa shape index (κ3) is 9.07. The molecular formula is C6H11F3N2O3. The largest absolute Gasteiger partial charge is 0.485 e. The SMILES string of the molecule is O=C(NCCOCCO)NC(F)(F)F. The van der Waals surface area contributed by atoms with Crippen LogP contribution in [0.1, 0.15) is 0 Å². The average Bonchev–Trinajstić information content (AvgIpc) is 2.00. The van der Waals surface area contributed by atoms with Crippen molar-refractivity contribution in [2.75, 3.05) is 26.4 Å². The van der Waals surface area contributed by atoms with E-state index in [0.29, 0.717) is 0 Å². The van der Waals surface area contributed by atoms with E-state index in [1.165, 1.54) is 0 Å². The normalized spacial score (nSPS) is 11.1. The fourth-order valence-corrected chi connectivity index (χ4v) is 0.576. The van der Waals surface area contributed by atoms with Gasteiger partial charge in [-0.05, 0) is 0 Å². The number of alkyl halides is 3. The predicted octanol–water partition coefficient (Wildman–Crippen LogP) is -0.186. The molecule has 0 heterocycles. The predicted molar refractivity (Wildman–Crippen MR) is 40.5 cm³/mol. The fourth-order valence-electron chi connectivity index (χ4n) is 0.576. The van der Waals surface area contributed by atoms with Crippen molar-refractivity contribution in [2.24, 2.45) is 0 Å². The maximum Gasteiger partial charge on any atom is 0.485 e. The van der Waals surface area contributed by atoms with Crippen LogP contribution in [0.2, 0.25) is 0 Å². The molecule has 0 bridgehead atoms. The quantitative estimate of drug-likeness (QED) is 0.441. The standard InChI is InChI=1S/C6H11F3N2O3/c7-6(8,9)11-5(13)10-1-3-14-4-2-12/h12H,1-4H2,(H2,10,11,13). The number of ether oxygens (including phenoxy) is 1. The molecule has 0 spiro atoms. The van der Waals surface area contributed by atoms with E-state index in [0.717, 1.165) is 5.32 Å². The molecule has 0 unspecified atom stereocenters. The van der Waals surface area contributed by atoms with Gasteiger partial charge in [-0.15, -0.1) is 0 Å². The van der Waals surface area contributed by atoms with Gasteiger partial charge in [0.2, 0.25) is 0 Å². The Balaban J connectivity index is 3.36. The minimum atomic E-state index is -4.73. The zero-order valence-electron chi connectivity index (χ0n) is 7.23. The third-order valence-electron chi connectivity index (χ3n) is 1.02. The molecule has 0 aromatic rings. The summed E-state index contributed by atoms with van der Waals surface area (Å²) < 4.78 is 39.2. The molecule has 0 saturated carbocycles. The van der Waals surface area contributed by atoms with Gasteiger partial charge in [0.15, 0.2) is 0 Å². The summed E-state index contributed by atoms with van der Waals surface area (Å²) in [6.45, 7) is -0.0922. The number of halogens is 3. The Hall–Kier alpha value is -1.02. The van der Waals surface area contributed by atoms with Gasteiger partial charge < -0.3 is 15.2 Å². The molecule has 0 radical (unpaired) electrons. The Labute approximate surface area is 78.2 Å². The first kappa shape index (κ1) is 13.0. The Morgan fingerprint density at radius 1 is 1.36 bits per heavy atom. The maximum absolute atomic E-state index is 11.5. The Kier molecular flexibility index (Phi) is 5.97. The van der Waals surface area contributed by atoms with E-state index in [2.05, 4.69) is 4.74 Å². The summed E-state index contributed by atoms with van der Waals surface area (Å²) >= 11 is 0. The minimum absolute atomic E-state index is 0.0475. The number of hydrogen-bond acceptors (Lipinski definition) is 3. The van der Waals surface area contributed by atoms with Gasteiger partial charge in [-0.3, -0.25) is 0 Å². The van der Waals surface area contributed by atoms with Crippen LogP contribution in [0, 0.1) is 0 Å². The summed E-state index contributed by atoms with van der Waals surface area (Å²) in [5.41, 5.74) is 0. The summed E-state index contributed by atoms with van der Waals surface area (Å²) in [7, 11) is 0. The highest BCUT2D eigenvalue weighted by molar-refractivity contribution is 5.74. The van der Waals surface area contributed by atoms with Crippen LogP contribution >= 0.6 is 0 Å². The molecule has 0 aliphatic rings. The van der Waals surface area contributed by atoms with Gasteiger partial charge in [-0.1, -0.05) is 0 Å². The summed E-state index contributed by atoms with van der Waals surface area (Å²) in [6.07, 6.45) is -4.73. The first-order chi connectivity index (χ1) is 6.45. The lowest BCUT2D eigenvalue weighted by molar-refractivity contribution is -0.145. The topological polar surface area (TPSA) is 70.6 Å². The molecule has 0 fully saturated rings. The van der Waals surface area contributed by atoms with E-state index >= 15 is 0 Å². The maximum atomic E-state index is 11.5. The van der Waals surface area contributed by atoms with Crippen LogP contribution in [0.25, 0.3) is 0 Å². The van der Waals surface area contributed by atoms with Crippen LogP contribution in [0.5, 0.6) is 0 Å².